The highest BCUT2D eigenvalue weighted by Crippen LogP contribution is 2.27. The molecule has 2 atom stereocenters. The molecule has 0 amide bonds. The Bertz CT molecular complexity index is 946. The van der Waals surface area contributed by atoms with E-state index in [1.165, 1.54) is 11.1 Å². The predicted octanol–water partition coefficient (Wildman–Crippen LogP) is 6.62. The van der Waals surface area contributed by atoms with E-state index in [2.05, 4.69) is 74.6 Å². The SMILES string of the molecule is CC(C)[C@H](Cc1ccccc1)/C(=C/C(=O)c1ccccc1)N[C@H](C)c1ccccc1. The van der Waals surface area contributed by atoms with Gasteiger partial charge in [-0.25, -0.2) is 0 Å². The van der Waals surface area contributed by atoms with Crippen LogP contribution in [0.3, 0.4) is 0 Å². The second-order valence-corrected chi connectivity index (χ2v) is 8.15. The van der Waals surface area contributed by atoms with Gasteiger partial charge in [0.2, 0.25) is 0 Å². The van der Waals surface area contributed by atoms with Crippen molar-refractivity contribution in [3.63, 3.8) is 0 Å². The van der Waals surface area contributed by atoms with Crippen LogP contribution in [-0.4, -0.2) is 5.78 Å². The molecule has 3 rings (SSSR count). The van der Waals surface area contributed by atoms with E-state index < -0.39 is 0 Å². The first kappa shape index (κ1) is 21.6. The van der Waals surface area contributed by atoms with Gasteiger partial charge in [-0.1, -0.05) is 105 Å². The van der Waals surface area contributed by atoms with Crippen molar-refractivity contribution in [3.8, 4) is 0 Å². The summed E-state index contributed by atoms with van der Waals surface area (Å²) in [6, 6.07) is 30.5. The smallest absolute Gasteiger partial charge is 0.187 e. The van der Waals surface area contributed by atoms with Crippen molar-refractivity contribution in [1.82, 2.24) is 5.32 Å². The van der Waals surface area contributed by atoms with E-state index in [1.807, 2.05) is 48.5 Å². The molecular formula is C28H31NO. The van der Waals surface area contributed by atoms with E-state index in [9.17, 15) is 4.79 Å². The van der Waals surface area contributed by atoms with Crippen molar-refractivity contribution >= 4 is 5.78 Å². The van der Waals surface area contributed by atoms with Crippen LogP contribution in [0.4, 0.5) is 0 Å². The van der Waals surface area contributed by atoms with Gasteiger partial charge in [0.05, 0.1) is 0 Å². The van der Waals surface area contributed by atoms with E-state index in [0.29, 0.717) is 11.5 Å². The molecule has 0 aliphatic carbocycles. The van der Waals surface area contributed by atoms with Crippen molar-refractivity contribution in [1.29, 1.82) is 0 Å². The van der Waals surface area contributed by atoms with Crippen LogP contribution in [0, 0.1) is 11.8 Å². The molecule has 2 heteroatoms. The number of nitrogens with one attached hydrogen (secondary N) is 1. The van der Waals surface area contributed by atoms with Gasteiger partial charge in [-0.2, -0.15) is 0 Å². The maximum absolute atomic E-state index is 13.0. The number of carbonyl (C=O) groups is 1. The minimum absolute atomic E-state index is 0.0390. The molecule has 0 bridgehead atoms. The largest absolute Gasteiger partial charge is 0.381 e. The lowest BCUT2D eigenvalue weighted by molar-refractivity contribution is 0.104. The van der Waals surface area contributed by atoms with Crippen LogP contribution < -0.4 is 5.32 Å². The van der Waals surface area contributed by atoms with Crippen molar-refractivity contribution < 1.29 is 4.79 Å². The maximum atomic E-state index is 13.0. The lowest BCUT2D eigenvalue weighted by Crippen LogP contribution is -2.28. The van der Waals surface area contributed by atoms with Crippen molar-refractivity contribution in [3.05, 3.63) is 119 Å². The fraction of sp³-hybridized carbons (Fsp3) is 0.250. The summed E-state index contributed by atoms with van der Waals surface area (Å²) in [4.78, 5) is 13.0. The Labute approximate surface area is 180 Å². The molecule has 0 aliphatic rings. The fourth-order valence-corrected chi connectivity index (χ4v) is 3.73. The Morgan fingerprint density at radius 2 is 1.33 bits per heavy atom. The molecule has 0 aliphatic heterocycles. The van der Waals surface area contributed by atoms with Gasteiger partial charge < -0.3 is 5.32 Å². The van der Waals surface area contributed by atoms with Crippen LogP contribution in [0.1, 0.15) is 48.3 Å². The summed E-state index contributed by atoms with van der Waals surface area (Å²) < 4.78 is 0. The predicted molar refractivity (Wildman–Crippen MR) is 125 cm³/mol. The topological polar surface area (TPSA) is 29.1 Å². The number of carbonyl (C=O) groups excluding carboxylic acids is 1. The van der Waals surface area contributed by atoms with Gasteiger partial charge in [0.1, 0.15) is 0 Å². The number of hydrogen-bond donors (Lipinski definition) is 1. The minimum Gasteiger partial charge on any atom is -0.381 e. The van der Waals surface area contributed by atoms with E-state index in [0.717, 1.165) is 12.1 Å². The molecule has 0 radical (unpaired) electrons. The lowest BCUT2D eigenvalue weighted by Gasteiger charge is -2.28. The number of rotatable bonds is 9. The lowest BCUT2D eigenvalue weighted by atomic mass is 9.85. The molecule has 0 saturated heterocycles. The van der Waals surface area contributed by atoms with Gasteiger partial charge in [-0.05, 0) is 30.4 Å². The molecule has 3 aromatic carbocycles. The standard InChI is InChI=1S/C28H31NO/c1-21(2)26(19-23-13-7-4-8-14-23)27(20-28(30)25-17-11-6-12-18-25)29-22(3)24-15-9-5-10-16-24/h4-18,20-22,26,29H,19H2,1-3H3/b27-20-/t22-,26+/m1/s1. The Morgan fingerprint density at radius 1 is 0.800 bits per heavy atom. The number of allylic oxidation sites excluding steroid dienone is 2. The Hall–Kier alpha value is -3.13. The summed E-state index contributed by atoms with van der Waals surface area (Å²) >= 11 is 0. The number of benzene rings is 3. The van der Waals surface area contributed by atoms with Crippen LogP contribution >= 0.6 is 0 Å². The molecule has 3 aromatic rings. The number of hydrogen-bond acceptors (Lipinski definition) is 2. The summed E-state index contributed by atoms with van der Waals surface area (Å²) in [6.45, 7) is 6.60. The summed E-state index contributed by atoms with van der Waals surface area (Å²) in [5.41, 5.74) is 4.20. The minimum atomic E-state index is 0.0390. The highest BCUT2D eigenvalue weighted by molar-refractivity contribution is 6.04. The average Bonchev–Trinajstić information content (AvgIpc) is 2.78. The highest BCUT2D eigenvalue weighted by atomic mass is 16.1. The van der Waals surface area contributed by atoms with Crippen LogP contribution in [0.5, 0.6) is 0 Å². The molecule has 1 N–H and O–H groups in total. The Kier molecular flexibility index (Phi) is 7.62. The van der Waals surface area contributed by atoms with Crippen LogP contribution in [0.15, 0.2) is 103 Å². The first-order chi connectivity index (χ1) is 14.5. The van der Waals surface area contributed by atoms with Crippen molar-refractivity contribution in [2.24, 2.45) is 11.8 Å². The summed E-state index contributed by atoms with van der Waals surface area (Å²) in [5.74, 6) is 0.638. The second kappa shape index (κ2) is 10.6. The van der Waals surface area contributed by atoms with E-state index in [4.69, 9.17) is 0 Å². The summed E-state index contributed by atoms with van der Waals surface area (Å²) in [6.07, 6.45) is 2.70. The fourth-order valence-electron chi connectivity index (χ4n) is 3.73. The molecule has 0 unspecified atom stereocenters. The van der Waals surface area contributed by atoms with Gasteiger partial charge in [0.25, 0.3) is 0 Å². The Morgan fingerprint density at radius 3 is 1.90 bits per heavy atom. The summed E-state index contributed by atoms with van der Waals surface area (Å²) in [7, 11) is 0. The molecule has 0 aromatic heterocycles. The molecule has 0 fully saturated rings. The van der Waals surface area contributed by atoms with E-state index in [1.54, 1.807) is 0 Å². The van der Waals surface area contributed by atoms with E-state index in [-0.39, 0.29) is 17.7 Å². The zero-order valence-electron chi connectivity index (χ0n) is 18.1. The molecule has 154 valence electrons. The van der Waals surface area contributed by atoms with Gasteiger partial charge in [0, 0.05) is 29.3 Å². The molecule has 30 heavy (non-hydrogen) atoms. The molecule has 0 heterocycles. The number of ketones is 1. The van der Waals surface area contributed by atoms with Gasteiger partial charge in [-0.3, -0.25) is 4.79 Å². The van der Waals surface area contributed by atoms with Gasteiger partial charge in [0.15, 0.2) is 5.78 Å². The molecule has 2 nitrogen and oxygen atoms in total. The van der Waals surface area contributed by atoms with Crippen LogP contribution in [0.25, 0.3) is 0 Å². The highest BCUT2D eigenvalue weighted by Gasteiger charge is 2.22. The van der Waals surface area contributed by atoms with Crippen molar-refractivity contribution in [2.75, 3.05) is 0 Å². The van der Waals surface area contributed by atoms with Crippen LogP contribution in [0.2, 0.25) is 0 Å². The van der Waals surface area contributed by atoms with Gasteiger partial charge >= 0.3 is 0 Å². The Balaban J connectivity index is 1.94. The van der Waals surface area contributed by atoms with Gasteiger partial charge in [-0.15, -0.1) is 0 Å². The maximum Gasteiger partial charge on any atom is 0.187 e. The summed E-state index contributed by atoms with van der Waals surface area (Å²) in [5, 5.41) is 3.68. The zero-order valence-corrected chi connectivity index (χ0v) is 18.1. The quantitative estimate of drug-likeness (QED) is 0.325. The molecule has 0 saturated carbocycles. The van der Waals surface area contributed by atoms with Crippen molar-refractivity contribution in [2.45, 2.75) is 33.2 Å². The molecule has 0 spiro atoms. The van der Waals surface area contributed by atoms with Crippen LogP contribution in [-0.2, 0) is 6.42 Å². The third-order valence-electron chi connectivity index (χ3n) is 5.53. The third-order valence-corrected chi connectivity index (χ3v) is 5.53. The first-order valence-corrected chi connectivity index (χ1v) is 10.7. The first-order valence-electron chi connectivity index (χ1n) is 10.7. The average molecular weight is 398 g/mol. The normalized spacial score (nSPS) is 13.7. The third kappa shape index (κ3) is 5.93. The second-order valence-electron chi connectivity index (χ2n) is 8.15. The zero-order chi connectivity index (χ0) is 21.3. The van der Waals surface area contributed by atoms with E-state index >= 15 is 0 Å². The molecular weight excluding hydrogens is 366 g/mol. The monoisotopic (exact) mass is 397 g/mol.